The summed E-state index contributed by atoms with van der Waals surface area (Å²) in [7, 11) is 1.67. The van der Waals surface area contributed by atoms with Crippen molar-refractivity contribution < 1.29 is 4.74 Å². The van der Waals surface area contributed by atoms with Crippen LogP contribution in [0, 0.1) is 0 Å². The van der Waals surface area contributed by atoms with Crippen molar-refractivity contribution in [1.29, 1.82) is 0 Å². The number of halogens is 2. The van der Waals surface area contributed by atoms with E-state index in [2.05, 4.69) is 27.3 Å². The van der Waals surface area contributed by atoms with E-state index in [0.29, 0.717) is 5.02 Å². The fraction of sp³-hybridized carbons (Fsp3) is 0.143. The number of rotatable bonds is 4. The van der Waals surface area contributed by atoms with Gasteiger partial charge < -0.3 is 10.1 Å². The molecule has 0 radical (unpaired) electrons. The number of anilines is 1. The Bertz CT molecular complexity index is 545. The first-order valence-corrected chi connectivity index (χ1v) is 6.68. The summed E-state index contributed by atoms with van der Waals surface area (Å²) in [6, 6.07) is 13.8. The van der Waals surface area contributed by atoms with Crippen LogP contribution >= 0.6 is 27.5 Å². The maximum atomic E-state index is 6.04. The molecule has 94 valence electrons. The first-order chi connectivity index (χ1) is 8.69. The SMILES string of the molecule is COc1cccc(CNc2ccc(Br)c(Cl)c2)c1. The summed E-state index contributed by atoms with van der Waals surface area (Å²) in [5.41, 5.74) is 2.15. The largest absolute Gasteiger partial charge is 0.497 e. The van der Waals surface area contributed by atoms with E-state index in [-0.39, 0.29) is 0 Å². The molecule has 4 heteroatoms. The van der Waals surface area contributed by atoms with Crippen LogP contribution in [0.15, 0.2) is 46.9 Å². The van der Waals surface area contributed by atoms with Gasteiger partial charge in [-0.05, 0) is 51.8 Å². The molecule has 0 amide bonds. The van der Waals surface area contributed by atoms with Crippen molar-refractivity contribution in [3.63, 3.8) is 0 Å². The van der Waals surface area contributed by atoms with Crippen LogP contribution in [0.25, 0.3) is 0 Å². The van der Waals surface area contributed by atoms with Crippen LogP contribution in [0.2, 0.25) is 5.02 Å². The quantitative estimate of drug-likeness (QED) is 0.877. The third kappa shape index (κ3) is 3.40. The van der Waals surface area contributed by atoms with Gasteiger partial charge in [-0.2, -0.15) is 0 Å². The van der Waals surface area contributed by atoms with Crippen LogP contribution in [0.5, 0.6) is 5.75 Å². The van der Waals surface area contributed by atoms with Crippen LogP contribution in [0.4, 0.5) is 5.69 Å². The molecular formula is C14H13BrClNO. The van der Waals surface area contributed by atoms with E-state index >= 15 is 0 Å². The van der Waals surface area contributed by atoms with Crippen molar-refractivity contribution in [2.45, 2.75) is 6.54 Å². The summed E-state index contributed by atoms with van der Waals surface area (Å²) >= 11 is 9.40. The molecule has 0 aliphatic rings. The summed E-state index contributed by atoms with van der Waals surface area (Å²) < 4.78 is 6.09. The van der Waals surface area contributed by atoms with Crippen LogP contribution in [0.1, 0.15) is 5.56 Å². The molecule has 0 saturated heterocycles. The third-order valence-electron chi connectivity index (χ3n) is 2.55. The van der Waals surface area contributed by atoms with Gasteiger partial charge in [0, 0.05) is 16.7 Å². The summed E-state index contributed by atoms with van der Waals surface area (Å²) in [6.07, 6.45) is 0. The highest BCUT2D eigenvalue weighted by Crippen LogP contribution is 2.25. The molecule has 18 heavy (non-hydrogen) atoms. The van der Waals surface area contributed by atoms with Gasteiger partial charge in [0.05, 0.1) is 12.1 Å². The van der Waals surface area contributed by atoms with Crippen LogP contribution < -0.4 is 10.1 Å². The summed E-state index contributed by atoms with van der Waals surface area (Å²) in [4.78, 5) is 0. The standard InChI is InChI=1S/C14H13BrClNO/c1-18-12-4-2-3-10(7-12)9-17-11-5-6-13(15)14(16)8-11/h2-8,17H,9H2,1H3. The molecule has 0 spiro atoms. The Hall–Kier alpha value is -1.19. The van der Waals surface area contributed by atoms with Gasteiger partial charge in [-0.1, -0.05) is 23.7 Å². The zero-order chi connectivity index (χ0) is 13.0. The van der Waals surface area contributed by atoms with E-state index in [4.69, 9.17) is 16.3 Å². The molecule has 0 aliphatic carbocycles. The van der Waals surface area contributed by atoms with Crippen molar-refractivity contribution in [2.75, 3.05) is 12.4 Å². The lowest BCUT2D eigenvalue weighted by Crippen LogP contribution is -1.99. The van der Waals surface area contributed by atoms with Crippen molar-refractivity contribution in [2.24, 2.45) is 0 Å². The lowest BCUT2D eigenvalue weighted by molar-refractivity contribution is 0.414. The lowest BCUT2D eigenvalue weighted by Gasteiger charge is -2.08. The second-order valence-corrected chi connectivity index (χ2v) is 5.10. The maximum absolute atomic E-state index is 6.04. The molecule has 1 N–H and O–H groups in total. The minimum absolute atomic E-state index is 0.700. The highest BCUT2D eigenvalue weighted by atomic mass is 79.9. The highest BCUT2D eigenvalue weighted by molar-refractivity contribution is 9.10. The molecule has 0 saturated carbocycles. The normalized spacial score (nSPS) is 10.2. The van der Waals surface area contributed by atoms with Crippen molar-refractivity contribution in [1.82, 2.24) is 0 Å². The topological polar surface area (TPSA) is 21.3 Å². The van der Waals surface area contributed by atoms with Crippen molar-refractivity contribution in [3.8, 4) is 5.75 Å². The summed E-state index contributed by atoms with van der Waals surface area (Å²) in [5, 5.41) is 4.02. The van der Waals surface area contributed by atoms with Gasteiger partial charge in [-0.15, -0.1) is 0 Å². The minimum atomic E-state index is 0.700. The van der Waals surface area contributed by atoms with E-state index in [0.717, 1.165) is 28.0 Å². The molecule has 0 heterocycles. The Morgan fingerprint density at radius 3 is 2.78 bits per heavy atom. The Morgan fingerprint density at radius 2 is 2.06 bits per heavy atom. The molecule has 2 aromatic carbocycles. The molecule has 2 rings (SSSR count). The average Bonchev–Trinajstić information content (AvgIpc) is 2.40. The number of hydrogen-bond acceptors (Lipinski definition) is 2. The van der Waals surface area contributed by atoms with Gasteiger partial charge in [0.1, 0.15) is 5.75 Å². The molecule has 0 fully saturated rings. The summed E-state index contributed by atoms with van der Waals surface area (Å²) in [5.74, 6) is 0.864. The van der Waals surface area contributed by atoms with Crippen LogP contribution in [0.3, 0.4) is 0 Å². The third-order valence-corrected chi connectivity index (χ3v) is 3.78. The van der Waals surface area contributed by atoms with Gasteiger partial charge >= 0.3 is 0 Å². The second-order valence-electron chi connectivity index (χ2n) is 3.83. The van der Waals surface area contributed by atoms with Crippen molar-refractivity contribution >= 4 is 33.2 Å². The van der Waals surface area contributed by atoms with Crippen molar-refractivity contribution in [3.05, 3.63) is 57.5 Å². The van der Waals surface area contributed by atoms with Gasteiger partial charge in [0.25, 0.3) is 0 Å². The predicted octanol–water partition coefficient (Wildman–Crippen LogP) is 4.72. The van der Waals surface area contributed by atoms with E-state index in [1.165, 1.54) is 0 Å². The number of methoxy groups -OCH3 is 1. The van der Waals surface area contributed by atoms with Crippen LogP contribution in [-0.2, 0) is 6.54 Å². The number of ether oxygens (including phenoxy) is 1. The molecule has 0 unspecified atom stereocenters. The Labute approximate surface area is 120 Å². The zero-order valence-electron chi connectivity index (χ0n) is 9.91. The summed E-state index contributed by atoms with van der Waals surface area (Å²) in [6.45, 7) is 0.731. The molecular weight excluding hydrogens is 314 g/mol. The molecule has 2 nitrogen and oxygen atoms in total. The second kappa shape index (κ2) is 6.12. The Kier molecular flexibility index (Phi) is 4.50. The van der Waals surface area contributed by atoms with E-state index in [1.807, 2.05) is 36.4 Å². The zero-order valence-corrected chi connectivity index (χ0v) is 12.3. The van der Waals surface area contributed by atoms with Gasteiger partial charge in [-0.3, -0.25) is 0 Å². The predicted molar refractivity (Wildman–Crippen MR) is 79.5 cm³/mol. The minimum Gasteiger partial charge on any atom is -0.497 e. The van der Waals surface area contributed by atoms with Gasteiger partial charge in [0.15, 0.2) is 0 Å². The molecule has 0 bridgehead atoms. The Morgan fingerprint density at radius 1 is 1.22 bits per heavy atom. The average molecular weight is 327 g/mol. The smallest absolute Gasteiger partial charge is 0.119 e. The van der Waals surface area contributed by atoms with E-state index in [9.17, 15) is 0 Å². The maximum Gasteiger partial charge on any atom is 0.119 e. The monoisotopic (exact) mass is 325 g/mol. The fourth-order valence-electron chi connectivity index (χ4n) is 1.59. The molecule has 0 atom stereocenters. The first-order valence-electron chi connectivity index (χ1n) is 5.51. The van der Waals surface area contributed by atoms with Gasteiger partial charge in [0.2, 0.25) is 0 Å². The first kappa shape index (κ1) is 13.2. The highest BCUT2D eigenvalue weighted by Gasteiger charge is 2.00. The molecule has 2 aromatic rings. The van der Waals surface area contributed by atoms with Crippen LogP contribution in [-0.4, -0.2) is 7.11 Å². The lowest BCUT2D eigenvalue weighted by atomic mass is 10.2. The van der Waals surface area contributed by atoms with E-state index < -0.39 is 0 Å². The number of nitrogens with one attached hydrogen (secondary N) is 1. The Balaban J connectivity index is 2.04. The molecule has 0 aromatic heterocycles. The van der Waals surface area contributed by atoms with Gasteiger partial charge in [-0.25, -0.2) is 0 Å². The van der Waals surface area contributed by atoms with E-state index in [1.54, 1.807) is 7.11 Å². The number of hydrogen-bond donors (Lipinski definition) is 1. The number of benzene rings is 2. The molecule has 0 aliphatic heterocycles. The fourth-order valence-corrected chi connectivity index (χ4v) is 2.02.